The van der Waals surface area contributed by atoms with Crippen molar-refractivity contribution in [2.24, 2.45) is 0 Å². The van der Waals surface area contributed by atoms with E-state index in [4.69, 9.17) is 5.11 Å². The van der Waals surface area contributed by atoms with Gasteiger partial charge in [-0.2, -0.15) is 0 Å². The van der Waals surface area contributed by atoms with E-state index in [1.54, 1.807) is 5.32 Å². The molecule has 102 valence electrons. The number of aliphatic carboxylic acids is 1. The molecule has 0 aliphatic rings. The number of hydrogen-bond acceptors (Lipinski definition) is 3. The molecule has 0 aromatic heterocycles. The van der Waals surface area contributed by atoms with E-state index in [0.29, 0.717) is 0 Å². The number of benzene rings is 1. The zero-order valence-electron chi connectivity index (χ0n) is 9.57. The monoisotopic (exact) mass is 272 g/mol. The number of carboxylic acids is 1. The molecule has 0 heterocycles. The number of anilines is 1. The normalized spacial score (nSPS) is 9.79. The highest BCUT2D eigenvalue weighted by Gasteiger charge is 2.14. The summed E-state index contributed by atoms with van der Waals surface area (Å²) in [7, 11) is 0. The third kappa shape index (κ3) is 4.70. The molecule has 3 amide bonds. The van der Waals surface area contributed by atoms with Crippen molar-refractivity contribution < 1.29 is 28.3 Å². The molecule has 0 saturated carbocycles. The van der Waals surface area contributed by atoms with Crippen molar-refractivity contribution in [3.8, 4) is 0 Å². The van der Waals surface area contributed by atoms with Crippen molar-refractivity contribution in [2.45, 2.75) is 12.8 Å². The van der Waals surface area contributed by atoms with Crippen molar-refractivity contribution in [3.63, 3.8) is 0 Å². The summed E-state index contributed by atoms with van der Waals surface area (Å²) in [6.45, 7) is 0. The average Bonchev–Trinajstić information content (AvgIpc) is 2.31. The van der Waals surface area contributed by atoms with Gasteiger partial charge in [0.2, 0.25) is 5.91 Å². The predicted octanol–water partition coefficient (Wildman–Crippen LogP) is 1.48. The van der Waals surface area contributed by atoms with Gasteiger partial charge in [0, 0.05) is 6.42 Å². The summed E-state index contributed by atoms with van der Waals surface area (Å²) in [5, 5.41) is 11.9. The van der Waals surface area contributed by atoms with Gasteiger partial charge in [-0.25, -0.2) is 13.6 Å². The number of hydrogen-bond donors (Lipinski definition) is 3. The van der Waals surface area contributed by atoms with Crippen LogP contribution in [0.1, 0.15) is 12.8 Å². The van der Waals surface area contributed by atoms with Gasteiger partial charge in [-0.3, -0.25) is 14.9 Å². The van der Waals surface area contributed by atoms with E-state index < -0.39 is 48.1 Å². The average molecular weight is 272 g/mol. The fourth-order valence-corrected chi connectivity index (χ4v) is 1.17. The first-order valence-corrected chi connectivity index (χ1v) is 5.17. The first-order chi connectivity index (χ1) is 8.90. The number of para-hydroxylation sites is 1. The van der Waals surface area contributed by atoms with Crippen LogP contribution in [0.25, 0.3) is 0 Å². The summed E-state index contributed by atoms with van der Waals surface area (Å²) in [5.41, 5.74) is -0.689. The van der Waals surface area contributed by atoms with Gasteiger partial charge in [0.1, 0.15) is 17.3 Å². The van der Waals surface area contributed by atoms with Gasteiger partial charge >= 0.3 is 12.0 Å². The smallest absolute Gasteiger partial charge is 0.326 e. The second kappa shape index (κ2) is 6.43. The van der Waals surface area contributed by atoms with E-state index in [2.05, 4.69) is 0 Å². The van der Waals surface area contributed by atoms with Gasteiger partial charge in [-0.05, 0) is 12.1 Å². The van der Waals surface area contributed by atoms with Crippen molar-refractivity contribution >= 4 is 23.6 Å². The summed E-state index contributed by atoms with van der Waals surface area (Å²) in [6, 6.07) is 1.85. The molecule has 0 atom stereocenters. The number of rotatable bonds is 4. The standard InChI is InChI=1S/C11H10F2N2O4/c12-6-2-1-3-7(13)10(6)15-11(19)14-8(16)4-5-9(17)18/h1-3H,4-5H2,(H,17,18)(H2,14,15,16,19). The van der Waals surface area contributed by atoms with Crippen LogP contribution < -0.4 is 10.6 Å². The summed E-state index contributed by atoms with van der Waals surface area (Å²) < 4.78 is 26.3. The van der Waals surface area contributed by atoms with Crippen molar-refractivity contribution in [2.75, 3.05) is 5.32 Å². The lowest BCUT2D eigenvalue weighted by Crippen LogP contribution is -2.35. The SMILES string of the molecule is O=C(O)CCC(=O)NC(=O)Nc1c(F)cccc1F. The molecule has 0 aliphatic carbocycles. The first kappa shape index (κ1) is 14.6. The molecule has 1 aromatic rings. The van der Waals surface area contributed by atoms with Crippen LogP contribution in [0, 0.1) is 11.6 Å². The number of halogens is 2. The number of carboxylic acid groups (broad SMARTS) is 1. The molecule has 0 aliphatic heterocycles. The second-order valence-corrected chi connectivity index (χ2v) is 3.49. The molecule has 0 bridgehead atoms. The van der Waals surface area contributed by atoms with Crippen molar-refractivity contribution in [1.82, 2.24) is 5.32 Å². The topological polar surface area (TPSA) is 95.5 Å². The fraction of sp³-hybridized carbons (Fsp3) is 0.182. The molecule has 6 nitrogen and oxygen atoms in total. The zero-order valence-corrected chi connectivity index (χ0v) is 9.57. The first-order valence-electron chi connectivity index (χ1n) is 5.17. The summed E-state index contributed by atoms with van der Waals surface area (Å²) in [5.74, 6) is -4.05. The lowest BCUT2D eigenvalue weighted by atomic mass is 10.3. The zero-order chi connectivity index (χ0) is 14.4. The summed E-state index contributed by atoms with van der Waals surface area (Å²) >= 11 is 0. The molecule has 0 fully saturated rings. The Hall–Kier alpha value is -2.51. The Morgan fingerprint density at radius 3 is 2.21 bits per heavy atom. The summed E-state index contributed by atoms with van der Waals surface area (Å²) in [4.78, 5) is 32.5. The van der Waals surface area contributed by atoms with Crippen molar-refractivity contribution in [1.29, 1.82) is 0 Å². The number of imide groups is 1. The molecule has 0 radical (unpaired) electrons. The van der Waals surface area contributed by atoms with E-state index in [-0.39, 0.29) is 0 Å². The van der Waals surface area contributed by atoms with E-state index in [0.717, 1.165) is 18.2 Å². The van der Waals surface area contributed by atoms with E-state index in [9.17, 15) is 23.2 Å². The number of carbonyl (C=O) groups is 3. The largest absolute Gasteiger partial charge is 0.481 e. The third-order valence-electron chi connectivity index (χ3n) is 2.02. The Bertz CT molecular complexity index is 499. The molecule has 8 heteroatoms. The van der Waals surface area contributed by atoms with Crippen LogP contribution in [0.5, 0.6) is 0 Å². The van der Waals surface area contributed by atoms with Gasteiger partial charge in [0.05, 0.1) is 6.42 Å². The number of urea groups is 1. The molecule has 0 unspecified atom stereocenters. The Labute approximate surface area is 106 Å². The lowest BCUT2D eigenvalue weighted by molar-refractivity contribution is -0.138. The molecule has 1 aromatic carbocycles. The van der Waals surface area contributed by atoms with Gasteiger partial charge in [-0.15, -0.1) is 0 Å². The molecule has 1 rings (SSSR count). The number of amides is 3. The van der Waals surface area contributed by atoms with Gasteiger partial charge in [0.25, 0.3) is 0 Å². The van der Waals surface area contributed by atoms with Crippen LogP contribution >= 0.6 is 0 Å². The minimum absolute atomic E-state index is 0.414. The van der Waals surface area contributed by atoms with E-state index in [1.807, 2.05) is 5.32 Å². The third-order valence-corrected chi connectivity index (χ3v) is 2.02. The van der Waals surface area contributed by atoms with Crippen LogP contribution in [0.3, 0.4) is 0 Å². The van der Waals surface area contributed by atoms with E-state index >= 15 is 0 Å². The van der Waals surface area contributed by atoms with E-state index in [1.165, 1.54) is 0 Å². The Balaban J connectivity index is 2.56. The Kier molecular flexibility index (Phi) is 4.92. The van der Waals surface area contributed by atoms with Gasteiger partial charge in [0.15, 0.2) is 0 Å². The second-order valence-electron chi connectivity index (χ2n) is 3.49. The van der Waals surface area contributed by atoms with Crippen LogP contribution in [0.2, 0.25) is 0 Å². The number of nitrogens with one attached hydrogen (secondary N) is 2. The van der Waals surface area contributed by atoms with Crippen LogP contribution in [0.4, 0.5) is 19.3 Å². The van der Waals surface area contributed by atoms with Gasteiger partial charge < -0.3 is 10.4 Å². The van der Waals surface area contributed by atoms with Gasteiger partial charge in [-0.1, -0.05) is 6.07 Å². The minimum atomic E-state index is -1.20. The maximum atomic E-state index is 13.2. The molecular weight excluding hydrogens is 262 g/mol. The molecular formula is C11H10F2N2O4. The lowest BCUT2D eigenvalue weighted by Gasteiger charge is -2.07. The van der Waals surface area contributed by atoms with Crippen LogP contribution in [-0.4, -0.2) is 23.0 Å². The maximum absolute atomic E-state index is 13.2. The number of carbonyl (C=O) groups excluding carboxylic acids is 2. The summed E-state index contributed by atoms with van der Waals surface area (Å²) in [6.07, 6.45) is -0.865. The Morgan fingerprint density at radius 2 is 1.68 bits per heavy atom. The Morgan fingerprint density at radius 1 is 1.11 bits per heavy atom. The highest BCUT2D eigenvalue weighted by Crippen LogP contribution is 2.17. The van der Waals surface area contributed by atoms with Crippen molar-refractivity contribution in [3.05, 3.63) is 29.8 Å². The molecule has 0 spiro atoms. The molecule has 3 N–H and O–H groups in total. The van der Waals surface area contributed by atoms with Crippen LogP contribution in [0.15, 0.2) is 18.2 Å². The molecule has 0 saturated heterocycles. The quantitative estimate of drug-likeness (QED) is 0.773. The highest BCUT2D eigenvalue weighted by atomic mass is 19.1. The maximum Gasteiger partial charge on any atom is 0.326 e. The minimum Gasteiger partial charge on any atom is -0.481 e. The fourth-order valence-electron chi connectivity index (χ4n) is 1.17. The highest BCUT2D eigenvalue weighted by molar-refractivity contribution is 6.01. The molecule has 19 heavy (non-hydrogen) atoms. The predicted molar refractivity (Wildman–Crippen MR) is 60.4 cm³/mol. The van der Waals surface area contributed by atoms with Crippen LogP contribution in [-0.2, 0) is 9.59 Å².